The van der Waals surface area contributed by atoms with E-state index in [1.807, 2.05) is 11.8 Å². The van der Waals surface area contributed by atoms with Crippen molar-refractivity contribution in [2.75, 3.05) is 18.5 Å². The van der Waals surface area contributed by atoms with Crippen LogP contribution in [-0.2, 0) is 21.4 Å². The number of para-hydroxylation sites is 1. The lowest BCUT2D eigenvalue weighted by Crippen LogP contribution is -2.44. The van der Waals surface area contributed by atoms with E-state index in [4.69, 9.17) is 0 Å². The summed E-state index contributed by atoms with van der Waals surface area (Å²) in [5, 5.41) is 0.520. The van der Waals surface area contributed by atoms with Crippen molar-refractivity contribution < 1.29 is 13.2 Å². The smallest absolute Gasteiger partial charge is 0.285 e. The van der Waals surface area contributed by atoms with Gasteiger partial charge in [-0.15, -0.1) is 4.40 Å². The van der Waals surface area contributed by atoms with Crippen molar-refractivity contribution in [2.45, 2.75) is 31.2 Å². The van der Waals surface area contributed by atoms with Crippen LogP contribution < -0.4 is 16.4 Å². The predicted octanol–water partition coefficient (Wildman–Crippen LogP) is 1.72. The Kier molecular flexibility index (Phi) is 5.56. The molecule has 10 nitrogen and oxygen atoms in total. The third kappa shape index (κ3) is 3.81. The normalized spacial score (nSPS) is 17.3. The number of nitrogens with zero attached hydrogens (tertiary/aromatic N) is 4. The monoisotopic (exact) mass is 480 g/mol. The quantitative estimate of drug-likeness (QED) is 0.545. The molecule has 1 fully saturated rings. The number of benzene rings is 2. The van der Waals surface area contributed by atoms with Gasteiger partial charge in [0.2, 0.25) is 11.9 Å². The Labute approximate surface area is 196 Å². The van der Waals surface area contributed by atoms with Crippen molar-refractivity contribution in [1.82, 2.24) is 19.9 Å². The number of hydrogen-bond acceptors (Lipinski definition) is 7. The van der Waals surface area contributed by atoms with E-state index in [0.717, 1.165) is 0 Å². The van der Waals surface area contributed by atoms with Crippen LogP contribution in [0.15, 0.2) is 62.6 Å². The Balaban J connectivity index is 1.25. The fraction of sp³-hybridized carbons (Fsp3) is 0.304. The topological polar surface area (TPSA) is 126 Å². The van der Waals surface area contributed by atoms with E-state index in [-0.39, 0.29) is 28.2 Å². The van der Waals surface area contributed by atoms with Gasteiger partial charge in [0.25, 0.3) is 15.6 Å². The summed E-state index contributed by atoms with van der Waals surface area (Å²) in [6.07, 6.45) is 1.08. The summed E-state index contributed by atoms with van der Waals surface area (Å²) in [6, 6.07) is 13.9. The highest BCUT2D eigenvalue weighted by atomic mass is 32.2. The summed E-state index contributed by atoms with van der Waals surface area (Å²) >= 11 is 0. The maximum Gasteiger partial charge on any atom is 0.285 e. The summed E-state index contributed by atoms with van der Waals surface area (Å²) in [5.41, 5.74) is 6.49. The van der Waals surface area contributed by atoms with E-state index in [0.29, 0.717) is 54.8 Å². The molecule has 0 atom stereocenters. The molecule has 11 heteroatoms. The zero-order valence-corrected chi connectivity index (χ0v) is 19.4. The van der Waals surface area contributed by atoms with Crippen LogP contribution in [0.1, 0.15) is 25.3 Å². The Morgan fingerprint density at radius 3 is 2.56 bits per heavy atom. The van der Waals surface area contributed by atoms with Crippen LogP contribution >= 0.6 is 0 Å². The largest absolute Gasteiger partial charge is 0.355 e. The number of carbonyl (C=O) groups is 1. The zero-order valence-electron chi connectivity index (χ0n) is 18.6. The Hall–Kier alpha value is -3.73. The molecule has 2 aliphatic rings. The van der Waals surface area contributed by atoms with Crippen molar-refractivity contribution in [3.63, 3.8) is 0 Å². The van der Waals surface area contributed by atoms with Gasteiger partial charge in [-0.25, -0.2) is 4.98 Å². The number of carbonyl (C=O) groups excluding carboxylic acids is 1. The van der Waals surface area contributed by atoms with E-state index in [2.05, 4.69) is 20.2 Å². The molecular weight excluding hydrogens is 456 g/mol. The average Bonchev–Trinajstić information content (AvgIpc) is 3.13. The van der Waals surface area contributed by atoms with Gasteiger partial charge in [-0.3, -0.25) is 25.0 Å². The van der Waals surface area contributed by atoms with Gasteiger partial charge in [0.05, 0.1) is 10.9 Å². The molecule has 0 unspecified atom stereocenters. The van der Waals surface area contributed by atoms with Crippen molar-refractivity contribution >= 4 is 38.6 Å². The van der Waals surface area contributed by atoms with Crippen LogP contribution in [0.2, 0.25) is 0 Å². The lowest BCUT2D eigenvalue weighted by Gasteiger charge is -2.32. The molecule has 0 bridgehead atoms. The fourth-order valence-corrected chi connectivity index (χ4v) is 5.67. The standard InChI is InChI=1S/C23H24N6O4S/c1-2-29-22(31)16-7-3-5-9-18(16)24-23(29)26-25-21(30)15-11-13-28(14-12-15)20-17-8-4-6-10-19(17)34(32,33)27-20/h3-10,15H,2,11-14H2,1H3,(H,24,26)(H,25,30). The number of fused-ring (bicyclic) bond motifs is 2. The molecule has 0 spiro atoms. The Bertz CT molecular complexity index is 1470. The highest BCUT2D eigenvalue weighted by molar-refractivity contribution is 7.90. The summed E-state index contributed by atoms with van der Waals surface area (Å²) in [4.78, 5) is 32.2. The first-order valence-corrected chi connectivity index (χ1v) is 12.6. The highest BCUT2D eigenvalue weighted by Gasteiger charge is 2.34. The molecule has 2 N–H and O–H groups in total. The number of hydrogen-bond donors (Lipinski definition) is 2. The molecule has 5 rings (SSSR count). The zero-order chi connectivity index (χ0) is 23.9. The number of piperidine rings is 1. The first-order valence-electron chi connectivity index (χ1n) is 11.1. The van der Waals surface area contributed by atoms with Gasteiger partial charge >= 0.3 is 0 Å². The minimum Gasteiger partial charge on any atom is -0.355 e. The van der Waals surface area contributed by atoms with Gasteiger partial charge < -0.3 is 4.90 Å². The molecule has 2 aliphatic heterocycles. The van der Waals surface area contributed by atoms with Crippen LogP contribution in [0.25, 0.3) is 10.9 Å². The molecule has 3 aromatic rings. The minimum absolute atomic E-state index is 0.175. The number of nitrogens with one attached hydrogen (secondary N) is 2. The van der Waals surface area contributed by atoms with Crippen LogP contribution in [-0.4, -0.2) is 47.7 Å². The molecule has 2 aromatic carbocycles. The maximum atomic E-state index is 12.8. The van der Waals surface area contributed by atoms with Crippen molar-refractivity contribution in [3.05, 3.63) is 64.4 Å². The number of rotatable bonds is 4. The van der Waals surface area contributed by atoms with Crippen LogP contribution in [0, 0.1) is 5.92 Å². The lowest BCUT2D eigenvalue weighted by atomic mass is 9.95. The molecule has 34 heavy (non-hydrogen) atoms. The van der Waals surface area contributed by atoms with E-state index >= 15 is 0 Å². The number of likely N-dealkylation sites (tertiary alicyclic amines) is 1. The molecule has 0 aliphatic carbocycles. The van der Waals surface area contributed by atoms with E-state index in [9.17, 15) is 18.0 Å². The number of aromatic nitrogens is 2. The van der Waals surface area contributed by atoms with Gasteiger partial charge in [0.1, 0.15) is 4.90 Å². The van der Waals surface area contributed by atoms with Crippen LogP contribution in [0.3, 0.4) is 0 Å². The second-order valence-electron chi connectivity index (χ2n) is 8.26. The third-order valence-corrected chi connectivity index (χ3v) is 7.58. The number of sulfonamides is 1. The Morgan fingerprint density at radius 2 is 1.79 bits per heavy atom. The van der Waals surface area contributed by atoms with Gasteiger partial charge in [-0.05, 0) is 44.0 Å². The van der Waals surface area contributed by atoms with Crippen LogP contribution in [0.5, 0.6) is 0 Å². The second-order valence-corrected chi connectivity index (χ2v) is 9.84. The average molecular weight is 481 g/mol. The van der Waals surface area contributed by atoms with E-state index < -0.39 is 10.0 Å². The molecule has 1 aromatic heterocycles. The maximum absolute atomic E-state index is 12.8. The van der Waals surface area contributed by atoms with Crippen LogP contribution in [0.4, 0.5) is 5.95 Å². The number of amides is 1. The fourth-order valence-electron chi connectivity index (χ4n) is 4.45. The first kappa shape index (κ1) is 22.1. The highest BCUT2D eigenvalue weighted by Crippen LogP contribution is 2.29. The van der Waals surface area contributed by atoms with Gasteiger partial charge in [0, 0.05) is 31.1 Å². The number of anilines is 1. The summed E-state index contributed by atoms with van der Waals surface area (Å²) < 4.78 is 30.1. The second kappa shape index (κ2) is 8.56. The molecule has 176 valence electrons. The van der Waals surface area contributed by atoms with Crippen molar-refractivity contribution in [3.8, 4) is 0 Å². The minimum atomic E-state index is -3.68. The third-order valence-electron chi connectivity index (χ3n) is 6.25. The predicted molar refractivity (Wildman–Crippen MR) is 128 cm³/mol. The van der Waals surface area contributed by atoms with E-state index in [1.54, 1.807) is 48.5 Å². The molecule has 3 heterocycles. The lowest BCUT2D eigenvalue weighted by molar-refractivity contribution is -0.125. The van der Waals surface area contributed by atoms with Gasteiger partial charge in [-0.1, -0.05) is 24.3 Å². The van der Waals surface area contributed by atoms with Gasteiger partial charge in [-0.2, -0.15) is 8.42 Å². The molecule has 0 saturated carbocycles. The first-order chi connectivity index (χ1) is 16.4. The number of amidine groups is 1. The van der Waals surface area contributed by atoms with Crippen molar-refractivity contribution in [2.24, 2.45) is 10.3 Å². The molecule has 1 amide bonds. The summed E-state index contributed by atoms with van der Waals surface area (Å²) in [5.74, 6) is 0.255. The Morgan fingerprint density at radius 1 is 1.09 bits per heavy atom. The number of hydrazine groups is 1. The molecule has 1 saturated heterocycles. The van der Waals surface area contributed by atoms with E-state index in [1.165, 1.54) is 4.57 Å². The van der Waals surface area contributed by atoms with Gasteiger partial charge in [0.15, 0.2) is 5.84 Å². The summed E-state index contributed by atoms with van der Waals surface area (Å²) in [6.45, 7) is 3.26. The summed E-state index contributed by atoms with van der Waals surface area (Å²) in [7, 11) is -3.68. The van der Waals surface area contributed by atoms with Crippen molar-refractivity contribution in [1.29, 1.82) is 0 Å². The molecule has 0 radical (unpaired) electrons. The SMILES string of the molecule is CCn1c(NNC(=O)C2CCN(C3=NS(=O)(=O)c4ccccc43)CC2)nc2ccccc2c1=O. The molecular formula is C23H24N6O4S.